The van der Waals surface area contributed by atoms with Gasteiger partial charge in [0, 0.05) is 26.7 Å². The van der Waals surface area contributed by atoms with Crippen molar-refractivity contribution in [3.05, 3.63) is 20.8 Å². The van der Waals surface area contributed by atoms with Crippen molar-refractivity contribution in [2.45, 2.75) is 26.3 Å². The van der Waals surface area contributed by atoms with Crippen LogP contribution in [0.1, 0.15) is 19.8 Å². The topological polar surface area (TPSA) is 105 Å². The van der Waals surface area contributed by atoms with Gasteiger partial charge in [0.1, 0.15) is 0 Å². The number of fused-ring (bicyclic) bond motifs is 1. The van der Waals surface area contributed by atoms with Crippen LogP contribution in [0.5, 0.6) is 0 Å². The average molecular weight is 281 g/mol. The molecule has 20 heavy (non-hydrogen) atoms. The van der Waals surface area contributed by atoms with Crippen LogP contribution in [0.2, 0.25) is 0 Å². The first-order chi connectivity index (χ1) is 9.60. The van der Waals surface area contributed by atoms with Crippen molar-refractivity contribution in [1.82, 2.24) is 19.1 Å². The minimum Gasteiger partial charge on any atom is -0.396 e. The number of anilines is 1. The maximum absolute atomic E-state index is 12.0. The molecule has 8 nitrogen and oxygen atoms in total. The Morgan fingerprint density at radius 3 is 2.80 bits per heavy atom. The van der Waals surface area contributed by atoms with E-state index in [2.05, 4.69) is 15.3 Å². The van der Waals surface area contributed by atoms with Gasteiger partial charge in [-0.05, 0) is 12.8 Å². The predicted molar refractivity (Wildman–Crippen MR) is 76.1 cm³/mol. The molecule has 0 unspecified atom stereocenters. The van der Waals surface area contributed by atoms with Gasteiger partial charge in [-0.2, -0.15) is 4.98 Å². The highest BCUT2D eigenvalue weighted by atomic mass is 16.3. The van der Waals surface area contributed by atoms with E-state index in [1.54, 1.807) is 11.6 Å². The molecule has 0 aromatic carbocycles. The number of H-pyrrole nitrogens is 1. The summed E-state index contributed by atoms with van der Waals surface area (Å²) in [5.41, 5.74) is -0.163. The first kappa shape index (κ1) is 14.3. The number of imidazole rings is 1. The monoisotopic (exact) mass is 281 g/mol. The number of aryl methyl sites for hydroxylation is 2. The molecule has 2 aromatic heterocycles. The molecule has 0 spiro atoms. The number of nitrogens with one attached hydrogen (secondary N) is 2. The number of aliphatic hydroxyl groups excluding tert-OH is 1. The third-order valence-electron chi connectivity index (χ3n) is 3.07. The molecule has 0 aliphatic heterocycles. The van der Waals surface area contributed by atoms with Gasteiger partial charge in [-0.1, -0.05) is 6.92 Å². The third-order valence-corrected chi connectivity index (χ3v) is 3.07. The van der Waals surface area contributed by atoms with E-state index in [1.165, 1.54) is 4.57 Å². The Kier molecular flexibility index (Phi) is 4.23. The molecule has 2 heterocycles. The molecule has 0 atom stereocenters. The van der Waals surface area contributed by atoms with Gasteiger partial charge in [0.15, 0.2) is 11.2 Å². The van der Waals surface area contributed by atoms with E-state index >= 15 is 0 Å². The van der Waals surface area contributed by atoms with E-state index in [9.17, 15) is 9.59 Å². The summed E-state index contributed by atoms with van der Waals surface area (Å²) in [7, 11) is 1.57. The molecule has 110 valence electrons. The largest absolute Gasteiger partial charge is 0.396 e. The predicted octanol–water partition coefficient (Wildman–Crippen LogP) is -0.372. The molecule has 0 radical (unpaired) electrons. The smallest absolute Gasteiger partial charge is 0.329 e. The Labute approximate surface area is 115 Å². The molecule has 2 aromatic rings. The second-order valence-electron chi connectivity index (χ2n) is 4.58. The van der Waals surface area contributed by atoms with Gasteiger partial charge in [0.05, 0.1) is 0 Å². The Balaban J connectivity index is 2.60. The number of nitrogens with zero attached hydrogens (tertiary/aromatic N) is 3. The Hall–Kier alpha value is -2.09. The van der Waals surface area contributed by atoms with Crippen molar-refractivity contribution >= 4 is 17.1 Å². The molecule has 0 saturated heterocycles. The van der Waals surface area contributed by atoms with E-state index < -0.39 is 11.2 Å². The Bertz CT molecular complexity index is 712. The lowest BCUT2D eigenvalue weighted by atomic mass is 10.4. The summed E-state index contributed by atoms with van der Waals surface area (Å²) in [6, 6.07) is 0. The molecule has 8 heteroatoms. The summed E-state index contributed by atoms with van der Waals surface area (Å²) in [6.07, 6.45) is 1.42. The summed E-state index contributed by atoms with van der Waals surface area (Å²) < 4.78 is 3.09. The molecule has 0 bridgehead atoms. The van der Waals surface area contributed by atoms with Crippen molar-refractivity contribution in [1.29, 1.82) is 0 Å². The Morgan fingerprint density at radius 2 is 2.15 bits per heavy atom. The van der Waals surface area contributed by atoms with E-state index in [-0.39, 0.29) is 6.61 Å². The van der Waals surface area contributed by atoms with Gasteiger partial charge in [-0.25, -0.2) is 4.79 Å². The van der Waals surface area contributed by atoms with Crippen molar-refractivity contribution in [2.24, 2.45) is 7.05 Å². The highest BCUT2D eigenvalue weighted by Crippen LogP contribution is 2.15. The maximum atomic E-state index is 12.0. The number of aromatic nitrogens is 4. The van der Waals surface area contributed by atoms with Crippen LogP contribution in [0.4, 0.5) is 5.95 Å². The first-order valence-corrected chi connectivity index (χ1v) is 6.64. The van der Waals surface area contributed by atoms with Gasteiger partial charge < -0.3 is 15.0 Å². The van der Waals surface area contributed by atoms with Crippen LogP contribution >= 0.6 is 0 Å². The van der Waals surface area contributed by atoms with Crippen LogP contribution in [-0.4, -0.2) is 37.4 Å². The lowest BCUT2D eigenvalue weighted by molar-refractivity contribution is 0.292. The quantitative estimate of drug-likeness (QED) is 0.626. The number of hydrogen-bond acceptors (Lipinski definition) is 5. The molecule has 0 saturated carbocycles. The van der Waals surface area contributed by atoms with Crippen LogP contribution in [0.25, 0.3) is 11.2 Å². The standard InChI is InChI=1S/C12H19N5O3/c1-3-6-17-8-9(14-11(17)13-5-4-7-18)16(2)12(20)15-10(8)19/h18H,3-7H2,1-2H3,(H,13,14)(H,15,19,20). The van der Waals surface area contributed by atoms with Crippen LogP contribution < -0.4 is 16.6 Å². The van der Waals surface area contributed by atoms with Gasteiger partial charge in [0.25, 0.3) is 5.56 Å². The molecule has 0 fully saturated rings. The van der Waals surface area contributed by atoms with Crippen molar-refractivity contribution < 1.29 is 5.11 Å². The zero-order chi connectivity index (χ0) is 14.7. The van der Waals surface area contributed by atoms with Crippen LogP contribution in [0, 0.1) is 0 Å². The summed E-state index contributed by atoms with van der Waals surface area (Å²) >= 11 is 0. The van der Waals surface area contributed by atoms with Crippen molar-refractivity contribution in [3.8, 4) is 0 Å². The van der Waals surface area contributed by atoms with Crippen LogP contribution in [0.15, 0.2) is 9.59 Å². The molecule has 3 N–H and O–H groups in total. The zero-order valence-corrected chi connectivity index (χ0v) is 11.6. The third kappa shape index (κ3) is 2.46. The highest BCUT2D eigenvalue weighted by molar-refractivity contribution is 5.74. The van der Waals surface area contributed by atoms with E-state index in [4.69, 9.17) is 5.11 Å². The summed E-state index contributed by atoms with van der Waals surface area (Å²) in [5, 5.41) is 11.9. The average Bonchev–Trinajstić information content (AvgIpc) is 2.77. The van der Waals surface area contributed by atoms with Crippen molar-refractivity contribution in [3.63, 3.8) is 0 Å². The van der Waals surface area contributed by atoms with Gasteiger partial charge in [-0.3, -0.25) is 14.3 Å². The highest BCUT2D eigenvalue weighted by Gasteiger charge is 2.16. The zero-order valence-electron chi connectivity index (χ0n) is 11.6. The lowest BCUT2D eigenvalue weighted by Gasteiger charge is -2.08. The Morgan fingerprint density at radius 1 is 1.40 bits per heavy atom. The SMILES string of the molecule is CCCn1c(NCCCO)nc2c1c(=O)[nH]c(=O)n2C. The van der Waals surface area contributed by atoms with Gasteiger partial charge >= 0.3 is 5.69 Å². The van der Waals surface area contributed by atoms with E-state index in [0.29, 0.717) is 36.6 Å². The van der Waals surface area contributed by atoms with Crippen LogP contribution in [0.3, 0.4) is 0 Å². The lowest BCUT2D eigenvalue weighted by Crippen LogP contribution is -2.29. The molecular formula is C12H19N5O3. The van der Waals surface area contributed by atoms with E-state index in [0.717, 1.165) is 6.42 Å². The summed E-state index contributed by atoms with van der Waals surface area (Å²) in [5.74, 6) is 0.544. The van der Waals surface area contributed by atoms with Gasteiger partial charge in [0.2, 0.25) is 5.95 Å². The molecule has 0 aliphatic rings. The van der Waals surface area contributed by atoms with Gasteiger partial charge in [-0.15, -0.1) is 0 Å². The summed E-state index contributed by atoms with van der Waals surface area (Å²) in [6.45, 7) is 3.26. The minimum atomic E-state index is -0.481. The van der Waals surface area contributed by atoms with E-state index in [1.807, 2.05) is 6.92 Å². The fraction of sp³-hybridized carbons (Fsp3) is 0.583. The summed E-state index contributed by atoms with van der Waals surface area (Å²) in [4.78, 5) is 30.2. The molecule has 0 amide bonds. The number of aromatic amines is 1. The second-order valence-corrected chi connectivity index (χ2v) is 4.58. The van der Waals surface area contributed by atoms with Crippen LogP contribution in [-0.2, 0) is 13.6 Å². The molecule has 0 aliphatic carbocycles. The van der Waals surface area contributed by atoms with Crippen molar-refractivity contribution in [2.75, 3.05) is 18.5 Å². The number of aliphatic hydroxyl groups is 1. The maximum Gasteiger partial charge on any atom is 0.329 e. The minimum absolute atomic E-state index is 0.0834. The molecular weight excluding hydrogens is 262 g/mol. The first-order valence-electron chi connectivity index (χ1n) is 6.64. The second kappa shape index (κ2) is 5.91. The fourth-order valence-electron chi connectivity index (χ4n) is 2.09. The molecule has 2 rings (SSSR count). The normalized spacial score (nSPS) is 11.2. The number of hydrogen-bond donors (Lipinski definition) is 3. The number of rotatable bonds is 6. The fourth-order valence-corrected chi connectivity index (χ4v) is 2.09.